The monoisotopic (exact) mass is 428 g/mol. The van der Waals surface area contributed by atoms with Crippen LogP contribution in [0.4, 0.5) is 0 Å². The van der Waals surface area contributed by atoms with E-state index in [9.17, 15) is 18.0 Å². The molecule has 0 saturated carbocycles. The fraction of sp³-hybridized carbons (Fsp3) is 0.600. The smallest absolute Gasteiger partial charge is 0.338 e. The Morgan fingerprint density at radius 3 is 1.97 bits per heavy atom. The van der Waals surface area contributed by atoms with E-state index in [0.29, 0.717) is 0 Å². The number of nitrogens with zero attached hydrogens (tertiary/aromatic N) is 1. The Labute approximate surface area is 173 Å². The van der Waals surface area contributed by atoms with Gasteiger partial charge < -0.3 is 14.4 Å². The summed E-state index contributed by atoms with van der Waals surface area (Å²) in [6.45, 7) is 11.0. The highest BCUT2D eigenvalue weighted by molar-refractivity contribution is 7.89. The number of ether oxygens (including phenoxy) is 2. The van der Waals surface area contributed by atoms with E-state index in [0.717, 1.165) is 0 Å². The second kappa shape index (κ2) is 10.7. The lowest BCUT2D eigenvalue weighted by Gasteiger charge is -2.32. The van der Waals surface area contributed by atoms with Gasteiger partial charge in [0.05, 0.1) is 17.1 Å². The molecule has 0 saturated heterocycles. The van der Waals surface area contributed by atoms with Crippen LogP contribution in [-0.2, 0) is 24.3 Å². The van der Waals surface area contributed by atoms with E-state index in [-0.39, 0.29) is 35.1 Å². The molecule has 9 heteroatoms. The van der Waals surface area contributed by atoms with Crippen LogP contribution in [0.2, 0.25) is 0 Å². The van der Waals surface area contributed by atoms with Crippen LogP contribution < -0.4 is 4.72 Å². The fourth-order valence-electron chi connectivity index (χ4n) is 2.98. The molecule has 1 aromatic carbocycles. The van der Waals surface area contributed by atoms with Gasteiger partial charge in [0.2, 0.25) is 10.0 Å². The minimum Gasteiger partial charge on any atom is -0.449 e. The van der Waals surface area contributed by atoms with Gasteiger partial charge in [0, 0.05) is 25.2 Å². The molecule has 1 rings (SSSR count). The van der Waals surface area contributed by atoms with E-state index < -0.39 is 28.1 Å². The van der Waals surface area contributed by atoms with Gasteiger partial charge in [-0.2, -0.15) is 0 Å². The molecule has 0 bridgehead atoms. The van der Waals surface area contributed by atoms with Gasteiger partial charge in [-0.3, -0.25) is 4.79 Å². The molecular weight excluding hydrogens is 396 g/mol. The normalized spacial score (nSPS) is 14.0. The second-order valence-electron chi connectivity index (χ2n) is 7.48. The summed E-state index contributed by atoms with van der Waals surface area (Å²) in [5.74, 6) is -0.971. The molecule has 8 nitrogen and oxygen atoms in total. The summed E-state index contributed by atoms with van der Waals surface area (Å²) in [5.41, 5.74) is 0.161. The number of nitrogens with one attached hydrogen (secondary N) is 1. The number of hydrogen-bond donors (Lipinski definition) is 1. The summed E-state index contributed by atoms with van der Waals surface area (Å²) in [6.07, 6.45) is -0.952. The zero-order valence-corrected chi connectivity index (χ0v) is 18.9. The number of benzene rings is 1. The largest absolute Gasteiger partial charge is 0.449 e. The summed E-state index contributed by atoms with van der Waals surface area (Å²) in [7, 11) is -2.25. The van der Waals surface area contributed by atoms with Gasteiger partial charge in [0.1, 0.15) is 0 Å². The molecule has 2 atom stereocenters. The van der Waals surface area contributed by atoms with Crippen molar-refractivity contribution in [2.75, 3.05) is 13.7 Å². The number of sulfonamides is 1. The molecule has 0 aromatic heterocycles. The molecule has 1 amide bonds. The highest BCUT2D eigenvalue weighted by atomic mass is 32.2. The highest BCUT2D eigenvalue weighted by Crippen LogP contribution is 2.14. The van der Waals surface area contributed by atoms with Crippen LogP contribution in [0.3, 0.4) is 0 Å². The van der Waals surface area contributed by atoms with Crippen molar-refractivity contribution in [2.24, 2.45) is 0 Å². The van der Waals surface area contributed by atoms with Crippen LogP contribution in [0.1, 0.15) is 51.9 Å². The van der Waals surface area contributed by atoms with E-state index in [4.69, 9.17) is 9.47 Å². The van der Waals surface area contributed by atoms with Crippen molar-refractivity contribution in [1.29, 1.82) is 0 Å². The Balaban J connectivity index is 2.85. The fourth-order valence-corrected chi connectivity index (χ4v) is 4.21. The zero-order chi connectivity index (χ0) is 22.4. The Morgan fingerprint density at radius 2 is 1.52 bits per heavy atom. The predicted molar refractivity (Wildman–Crippen MR) is 110 cm³/mol. The maximum absolute atomic E-state index is 12.6. The molecule has 0 aliphatic carbocycles. The SMILES string of the molecule is COC[C@H](C)NS(=O)(=O)c1ccc(C(=O)O[C@@H](C)C(=O)N(C(C)C)C(C)C)cc1. The lowest BCUT2D eigenvalue weighted by molar-refractivity contribution is -0.143. The minimum absolute atomic E-state index is 0.0203. The van der Waals surface area contributed by atoms with Crippen molar-refractivity contribution in [3.8, 4) is 0 Å². The number of methoxy groups -OCH3 is 1. The average Bonchev–Trinajstić information content (AvgIpc) is 2.60. The zero-order valence-electron chi connectivity index (χ0n) is 18.1. The molecule has 0 spiro atoms. The van der Waals surface area contributed by atoms with E-state index in [1.807, 2.05) is 27.7 Å². The summed E-state index contributed by atoms with van der Waals surface area (Å²) in [5, 5.41) is 0. The van der Waals surface area contributed by atoms with Crippen molar-refractivity contribution in [2.45, 2.75) is 70.7 Å². The van der Waals surface area contributed by atoms with Gasteiger partial charge in [-0.25, -0.2) is 17.9 Å². The molecule has 164 valence electrons. The van der Waals surface area contributed by atoms with Crippen molar-refractivity contribution in [1.82, 2.24) is 9.62 Å². The Morgan fingerprint density at radius 1 is 1.00 bits per heavy atom. The molecule has 1 N–H and O–H groups in total. The van der Waals surface area contributed by atoms with Crippen LogP contribution in [0.25, 0.3) is 0 Å². The maximum atomic E-state index is 12.6. The summed E-state index contributed by atoms with van der Waals surface area (Å²) >= 11 is 0. The third-order valence-corrected chi connectivity index (χ3v) is 5.78. The van der Waals surface area contributed by atoms with Gasteiger partial charge in [-0.15, -0.1) is 0 Å². The first kappa shape index (κ1) is 25.1. The first-order valence-corrected chi connectivity index (χ1v) is 11.0. The van der Waals surface area contributed by atoms with Crippen molar-refractivity contribution >= 4 is 21.9 Å². The van der Waals surface area contributed by atoms with Gasteiger partial charge in [0.15, 0.2) is 6.10 Å². The molecule has 1 aromatic rings. The number of carbonyl (C=O) groups excluding carboxylic acids is 2. The van der Waals surface area contributed by atoms with Crippen molar-refractivity contribution < 1.29 is 27.5 Å². The Bertz CT molecular complexity index is 782. The van der Waals surface area contributed by atoms with E-state index in [1.165, 1.54) is 38.3 Å². The Kier molecular flexibility index (Phi) is 9.25. The number of carbonyl (C=O) groups is 2. The summed E-state index contributed by atoms with van der Waals surface area (Å²) in [4.78, 5) is 26.6. The molecule has 0 radical (unpaired) electrons. The van der Waals surface area contributed by atoms with Gasteiger partial charge >= 0.3 is 5.97 Å². The van der Waals surface area contributed by atoms with Crippen molar-refractivity contribution in [3.63, 3.8) is 0 Å². The molecule has 0 heterocycles. The minimum atomic E-state index is -3.73. The van der Waals surface area contributed by atoms with Crippen LogP contribution in [-0.4, -0.2) is 63.1 Å². The third kappa shape index (κ3) is 7.09. The van der Waals surface area contributed by atoms with Gasteiger partial charge in [-0.05, 0) is 65.8 Å². The molecular formula is C20H32N2O6S. The molecule has 0 aliphatic rings. The van der Waals surface area contributed by atoms with Gasteiger partial charge in [0.25, 0.3) is 5.91 Å². The average molecular weight is 429 g/mol. The highest BCUT2D eigenvalue weighted by Gasteiger charge is 2.28. The van der Waals surface area contributed by atoms with Crippen LogP contribution in [0, 0.1) is 0 Å². The predicted octanol–water partition coefficient (Wildman–Crippen LogP) is 2.19. The lowest BCUT2D eigenvalue weighted by atomic mass is 10.2. The van der Waals surface area contributed by atoms with Crippen LogP contribution >= 0.6 is 0 Å². The first-order chi connectivity index (χ1) is 13.4. The number of rotatable bonds is 10. The van der Waals surface area contributed by atoms with Crippen LogP contribution in [0.15, 0.2) is 29.2 Å². The molecule has 0 fully saturated rings. The lowest BCUT2D eigenvalue weighted by Crippen LogP contribution is -2.47. The maximum Gasteiger partial charge on any atom is 0.338 e. The Hall–Kier alpha value is -1.97. The summed E-state index contributed by atoms with van der Waals surface area (Å²) in [6, 6.07) is 4.91. The van der Waals surface area contributed by atoms with E-state index >= 15 is 0 Å². The van der Waals surface area contributed by atoms with E-state index in [2.05, 4.69) is 4.72 Å². The quantitative estimate of drug-likeness (QED) is 0.573. The summed E-state index contributed by atoms with van der Waals surface area (Å²) < 4.78 is 37.4. The second-order valence-corrected chi connectivity index (χ2v) is 9.20. The topological polar surface area (TPSA) is 102 Å². The molecule has 0 unspecified atom stereocenters. The number of hydrogen-bond acceptors (Lipinski definition) is 6. The number of esters is 1. The first-order valence-electron chi connectivity index (χ1n) is 9.55. The van der Waals surface area contributed by atoms with Crippen LogP contribution in [0.5, 0.6) is 0 Å². The third-order valence-electron chi connectivity index (χ3n) is 4.17. The molecule has 29 heavy (non-hydrogen) atoms. The van der Waals surface area contributed by atoms with Gasteiger partial charge in [-0.1, -0.05) is 0 Å². The van der Waals surface area contributed by atoms with Crippen molar-refractivity contribution in [3.05, 3.63) is 29.8 Å². The standard InChI is InChI=1S/C20H32N2O6S/c1-13(2)22(14(3)4)19(23)16(6)28-20(24)17-8-10-18(11-9-17)29(25,26)21-15(5)12-27-7/h8-11,13-16,21H,12H2,1-7H3/t15-,16-/m0/s1. The number of amides is 1. The molecule has 0 aliphatic heterocycles. The van der Waals surface area contributed by atoms with E-state index in [1.54, 1.807) is 11.8 Å².